The summed E-state index contributed by atoms with van der Waals surface area (Å²) in [5.41, 5.74) is 2.97. The largest absolute Gasteiger partial charge is 0.503 e. The van der Waals surface area contributed by atoms with Gasteiger partial charge in [0.1, 0.15) is 11.1 Å². The van der Waals surface area contributed by atoms with Gasteiger partial charge in [0.2, 0.25) is 0 Å². The topological polar surface area (TPSA) is 65.6 Å². The third-order valence-corrected chi connectivity index (χ3v) is 7.03. The molecule has 6 heteroatoms. The third kappa shape index (κ3) is 4.26. The number of aliphatic imine (C=N–C) groups is 1. The number of nitrogens with zero attached hydrogens (tertiary/aromatic N) is 2. The molecule has 1 heterocycles. The molecule has 1 atom stereocenters. The first-order valence-corrected chi connectivity index (χ1v) is 11.1. The van der Waals surface area contributed by atoms with E-state index in [1.165, 1.54) is 10.4 Å². The van der Waals surface area contributed by atoms with Gasteiger partial charge in [0.15, 0.2) is 11.5 Å². The first kappa shape index (κ1) is 20.9. The quantitative estimate of drug-likeness (QED) is 0.537. The molecule has 1 N–H and O–H groups in total. The van der Waals surface area contributed by atoms with E-state index in [1.807, 2.05) is 6.92 Å². The van der Waals surface area contributed by atoms with E-state index in [9.17, 15) is 10.4 Å². The van der Waals surface area contributed by atoms with E-state index in [0.717, 1.165) is 29.8 Å². The van der Waals surface area contributed by atoms with Gasteiger partial charge in [-0.2, -0.15) is 5.26 Å². The lowest BCUT2D eigenvalue weighted by Gasteiger charge is -2.33. The number of phenols is 1. The Hall–Kier alpha value is -1.84. The summed E-state index contributed by atoms with van der Waals surface area (Å²) in [5, 5.41) is 20.5. The lowest BCUT2D eigenvalue weighted by molar-refractivity contribution is 0.218. The molecule has 0 saturated carbocycles. The Kier molecular flexibility index (Phi) is 6.16. The Bertz CT molecular complexity index is 951. The van der Waals surface area contributed by atoms with E-state index in [1.54, 1.807) is 29.7 Å². The molecule has 0 unspecified atom stereocenters. The molecule has 0 saturated heterocycles. The maximum atomic E-state index is 10.1. The number of benzene rings is 1. The van der Waals surface area contributed by atoms with E-state index < -0.39 is 0 Å². The van der Waals surface area contributed by atoms with Gasteiger partial charge in [-0.05, 0) is 76.7 Å². The predicted molar refractivity (Wildman–Crippen MR) is 118 cm³/mol. The van der Waals surface area contributed by atoms with Crippen molar-refractivity contribution in [1.82, 2.24) is 0 Å². The maximum Gasteiger partial charge on any atom is 0.172 e. The summed E-state index contributed by atoms with van der Waals surface area (Å²) in [7, 11) is 0. The van der Waals surface area contributed by atoms with Gasteiger partial charge in [-0.25, -0.2) is 4.99 Å². The fourth-order valence-corrected chi connectivity index (χ4v) is 5.27. The van der Waals surface area contributed by atoms with E-state index in [2.05, 4.69) is 47.8 Å². The first-order chi connectivity index (χ1) is 13.2. The molecule has 0 spiro atoms. The van der Waals surface area contributed by atoms with Crippen LogP contribution in [0.25, 0.3) is 0 Å². The van der Waals surface area contributed by atoms with E-state index >= 15 is 0 Å². The summed E-state index contributed by atoms with van der Waals surface area (Å²) in [4.78, 5) is 5.93. The van der Waals surface area contributed by atoms with Crippen molar-refractivity contribution in [2.24, 2.45) is 16.3 Å². The molecule has 0 fully saturated rings. The van der Waals surface area contributed by atoms with Crippen LogP contribution in [0.15, 0.2) is 21.6 Å². The zero-order valence-corrected chi connectivity index (χ0v) is 19.1. The second-order valence-electron chi connectivity index (χ2n) is 8.14. The fraction of sp³-hybridized carbons (Fsp3) is 0.455. The molecule has 1 aliphatic carbocycles. The van der Waals surface area contributed by atoms with Crippen LogP contribution in [0.4, 0.5) is 5.00 Å². The van der Waals surface area contributed by atoms with Crippen molar-refractivity contribution >= 4 is 38.5 Å². The number of hydrogen-bond acceptors (Lipinski definition) is 5. The summed E-state index contributed by atoms with van der Waals surface area (Å²) in [6, 6.07) is 5.91. The SMILES string of the molecule is CCOc1cc(C=Nc2sc3c(c2C#N)CC[C@H](C(C)(C)C)C3)cc(Br)c1O. The summed E-state index contributed by atoms with van der Waals surface area (Å²) in [6.07, 6.45) is 4.82. The van der Waals surface area contributed by atoms with E-state index in [0.29, 0.717) is 28.3 Å². The zero-order valence-electron chi connectivity index (χ0n) is 16.7. The number of rotatable bonds is 4. The molecular formula is C22H25BrN2O2S. The van der Waals surface area contributed by atoms with Crippen LogP contribution in [0.3, 0.4) is 0 Å². The summed E-state index contributed by atoms with van der Waals surface area (Å²) < 4.78 is 6.03. The lowest BCUT2D eigenvalue weighted by atomic mass is 9.72. The number of aromatic hydroxyl groups is 1. The van der Waals surface area contributed by atoms with Gasteiger partial charge in [0.25, 0.3) is 0 Å². The highest BCUT2D eigenvalue weighted by Crippen LogP contribution is 2.45. The molecule has 28 heavy (non-hydrogen) atoms. The number of phenolic OH excluding ortho intramolecular Hbond substituents is 1. The molecule has 0 aliphatic heterocycles. The molecule has 148 valence electrons. The monoisotopic (exact) mass is 460 g/mol. The number of nitriles is 1. The van der Waals surface area contributed by atoms with Crippen LogP contribution >= 0.6 is 27.3 Å². The second kappa shape index (κ2) is 8.26. The normalized spacial score (nSPS) is 16.8. The van der Waals surface area contributed by atoms with Crippen molar-refractivity contribution < 1.29 is 9.84 Å². The van der Waals surface area contributed by atoms with Gasteiger partial charge in [-0.3, -0.25) is 0 Å². The smallest absolute Gasteiger partial charge is 0.172 e. The van der Waals surface area contributed by atoms with Crippen LogP contribution in [0, 0.1) is 22.7 Å². The molecule has 0 amide bonds. The van der Waals surface area contributed by atoms with Crippen molar-refractivity contribution in [3.05, 3.63) is 38.2 Å². The summed E-state index contributed by atoms with van der Waals surface area (Å²) in [6.45, 7) is 9.21. The maximum absolute atomic E-state index is 10.1. The Balaban J connectivity index is 1.92. The number of halogens is 1. The average molecular weight is 461 g/mol. The molecular weight excluding hydrogens is 436 g/mol. The van der Waals surface area contributed by atoms with Gasteiger partial charge in [-0.1, -0.05) is 20.8 Å². The van der Waals surface area contributed by atoms with Gasteiger partial charge in [0.05, 0.1) is 16.6 Å². The van der Waals surface area contributed by atoms with Crippen LogP contribution in [0.2, 0.25) is 0 Å². The molecule has 1 aromatic carbocycles. The van der Waals surface area contributed by atoms with Crippen LogP contribution in [0.1, 0.15) is 55.7 Å². The first-order valence-electron chi connectivity index (χ1n) is 9.48. The molecule has 4 nitrogen and oxygen atoms in total. The van der Waals surface area contributed by atoms with Crippen LogP contribution in [-0.2, 0) is 12.8 Å². The molecule has 0 radical (unpaired) electrons. The van der Waals surface area contributed by atoms with Crippen molar-refractivity contribution in [2.75, 3.05) is 6.61 Å². The van der Waals surface area contributed by atoms with Gasteiger partial charge >= 0.3 is 0 Å². The van der Waals surface area contributed by atoms with Crippen LogP contribution in [0.5, 0.6) is 11.5 Å². The Morgan fingerprint density at radius 3 is 2.82 bits per heavy atom. The predicted octanol–water partition coefficient (Wildman–Crippen LogP) is 6.39. The minimum Gasteiger partial charge on any atom is -0.503 e. The minimum absolute atomic E-state index is 0.0801. The van der Waals surface area contributed by atoms with Gasteiger partial charge in [-0.15, -0.1) is 11.3 Å². The number of thiophene rings is 1. The fourth-order valence-electron chi connectivity index (χ4n) is 3.58. The average Bonchev–Trinajstić information content (AvgIpc) is 3.00. The molecule has 3 rings (SSSR count). The molecule has 1 aromatic heterocycles. The number of ether oxygens (including phenoxy) is 1. The van der Waals surface area contributed by atoms with E-state index in [4.69, 9.17) is 4.74 Å². The number of fused-ring (bicyclic) bond motifs is 1. The zero-order chi connectivity index (χ0) is 20.5. The Morgan fingerprint density at radius 2 is 2.18 bits per heavy atom. The minimum atomic E-state index is 0.0801. The highest BCUT2D eigenvalue weighted by molar-refractivity contribution is 9.10. The number of hydrogen-bond donors (Lipinski definition) is 1. The molecule has 0 bridgehead atoms. The van der Waals surface area contributed by atoms with E-state index in [-0.39, 0.29) is 11.2 Å². The Labute approximate surface area is 179 Å². The standard InChI is InChI=1S/C22H25BrN2O2S/c1-5-27-18-9-13(8-17(23)20(18)26)12-25-21-16(11-24)15-7-6-14(22(2,3)4)10-19(15)28-21/h8-9,12,14,26H,5-7,10H2,1-4H3/t14-/m0/s1. The van der Waals surface area contributed by atoms with Gasteiger partial charge in [0, 0.05) is 11.1 Å². The molecule has 2 aromatic rings. The summed E-state index contributed by atoms with van der Waals surface area (Å²) >= 11 is 4.99. The molecule has 1 aliphatic rings. The van der Waals surface area contributed by atoms with Crippen molar-refractivity contribution in [2.45, 2.75) is 47.0 Å². The second-order valence-corrected chi connectivity index (χ2v) is 10.1. The van der Waals surface area contributed by atoms with Crippen molar-refractivity contribution in [1.29, 1.82) is 5.26 Å². The highest BCUT2D eigenvalue weighted by Gasteiger charge is 2.32. The Morgan fingerprint density at radius 1 is 1.43 bits per heavy atom. The third-order valence-electron chi connectivity index (χ3n) is 5.26. The van der Waals surface area contributed by atoms with Gasteiger partial charge < -0.3 is 9.84 Å². The van der Waals surface area contributed by atoms with Crippen LogP contribution in [-0.4, -0.2) is 17.9 Å². The van der Waals surface area contributed by atoms with Crippen molar-refractivity contribution in [3.63, 3.8) is 0 Å². The van der Waals surface area contributed by atoms with Crippen molar-refractivity contribution in [3.8, 4) is 17.6 Å². The highest BCUT2D eigenvalue weighted by atomic mass is 79.9. The van der Waals surface area contributed by atoms with Crippen LogP contribution < -0.4 is 4.74 Å². The lowest BCUT2D eigenvalue weighted by Crippen LogP contribution is -2.26. The summed E-state index contributed by atoms with van der Waals surface area (Å²) in [5.74, 6) is 1.12.